The Kier molecular flexibility index (Phi) is 3.97. The van der Waals surface area contributed by atoms with Gasteiger partial charge in [-0.05, 0) is 43.2 Å². The summed E-state index contributed by atoms with van der Waals surface area (Å²) in [5, 5.41) is 0. The Labute approximate surface area is 97.8 Å². The molecule has 2 unspecified atom stereocenters. The zero-order valence-electron chi connectivity index (χ0n) is 9.99. The summed E-state index contributed by atoms with van der Waals surface area (Å²) in [6.07, 6.45) is 3.43. The number of benzene rings is 1. The maximum atomic E-state index is 6.38. The second-order valence-electron chi connectivity index (χ2n) is 4.69. The maximum Gasteiger partial charge on any atom is 0.0469 e. The highest BCUT2D eigenvalue weighted by atomic mass is 16.5. The van der Waals surface area contributed by atoms with Crippen LogP contribution < -0.4 is 5.73 Å². The van der Waals surface area contributed by atoms with Crippen molar-refractivity contribution < 1.29 is 4.74 Å². The summed E-state index contributed by atoms with van der Waals surface area (Å²) in [4.78, 5) is 0. The summed E-state index contributed by atoms with van der Waals surface area (Å²) in [6.45, 7) is 3.91. The molecule has 1 aliphatic heterocycles. The van der Waals surface area contributed by atoms with Gasteiger partial charge in [-0.3, -0.25) is 0 Å². The van der Waals surface area contributed by atoms with E-state index in [1.165, 1.54) is 17.5 Å². The van der Waals surface area contributed by atoms with Gasteiger partial charge in [0, 0.05) is 19.3 Å². The van der Waals surface area contributed by atoms with Gasteiger partial charge >= 0.3 is 0 Å². The summed E-state index contributed by atoms with van der Waals surface area (Å²) < 4.78 is 5.49. The molecule has 2 atom stereocenters. The van der Waals surface area contributed by atoms with Gasteiger partial charge in [0.25, 0.3) is 0 Å². The van der Waals surface area contributed by atoms with E-state index in [9.17, 15) is 0 Å². The third-order valence-electron chi connectivity index (χ3n) is 3.55. The molecule has 0 aromatic heterocycles. The standard InChI is InChI=1S/C14H21NO/c1-11-5-2-3-7-13(11)14(15)12-6-4-9-16-10-8-12/h2-3,5,7,12,14H,4,6,8-10,15H2,1H3. The highest BCUT2D eigenvalue weighted by Crippen LogP contribution is 2.29. The third-order valence-corrected chi connectivity index (χ3v) is 3.55. The smallest absolute Gasteiger partial charge is 0.0469 e. The van der Waals surface area contributed by atoms with Crippen LogP contribution >= 0.6 is 0 Å². The molecule has 1 heterocycles. The molecule has 1 aromatic carbocycles. The highest BCUT2D eigenvalue weighted by Gasteiger charge is 2.21. The van der Waals surface area contributed by atoms with E-state index in [0.717, 1.165) is 26.1 Å². The van der Waals surface area contributed by atoms with Crippen LogP contribution in [0.1, 0.15) is 36.4 Å². The predicted octanol–water partition coefficient (Wildman–Crippen LogP) is 2.81. The van der Waals surface area contributed by atoms with Crippen molar-refractivity contribution in [1.29, 1.82) is 0 Å². The number of rotatable bonds is 2. The third kappa shape index (κ3) is 2.63. The minimum absolute atomic E-state index is 0.169. The zero-order chi connectivity index (χ0) is 11.4. The normalized spacial score (nSPS) is 23.8. The minimum atomic E-state index is 0.169. The van der Waals surface area contributed by atoms with Gasteiger partial charge < -0.3 is 10.5 Å². The van der Waals surface area contributed by atoms with Crippen molar-refractivity contribution in [3.63, 3.8) is 0 Å². The number of hydrogen-bond donors (Lipinski definition) is 1. The molecule has 0 radical (unpaired) electrons. The van der Waals surface area contributed by atoms with Crippen LogP contribution in [0.5, 0.6) is 0 Å². The van der Waals surface area contributed by atoms with Crippen molar-refractivity contribution in [2.24, 2.45) is 11.7 Å². The second kappa shape index (κ2) is 5.46. The van der Waals surface area contributed by atoms with Crippen LogP contribution in [0, 0.1) is 12.8 Å². The maximum absolute atomic E-state index is 6.38. The lowest BCUT2D eigenvalue weighted by Gasteiger charge is -2.23. The van der Waals surface area contributed by atoms with E-state index in [2.05, 4.69) is 31.2 Å². The molecule has 0 spiro atoms. The SMILES string of the molecule is Cc1ccccc1C(N)C1CCCOCC1. The van der Waals surface area contributed by atoms with E-state index in [1.54, 1.807) is 0 Å². The fourth-order valence-corrected chi connectivity index (χ4v) is 2.50. The van der Waals surface area contributed by atoms with Crippen molar-refractivity contribution in [3.05, 3.63) is 35.4 Å². The first-order valence-corrected chi connectivity index (χ1v) is 6.18. The Morgan fingerprint density at radius 3 is 2.88 bits per heavy atom. The molecule has 2 N–H and O–H groups in total. The molecule has 0 amide bonds. The molecule has 2 heteroatoms. The quantitative estimate of drug-likeness (QED) is 0.830. The summed E-state index contributed by atoms with van der Waals surface area (Å²) in [5.74, 6) is 0.573. The first-order valence-electron chi connectivity index (χ1n) is 6.18. The molecular formula is C14H21NO. The van der Waals surface area contributed by atoms with Gasteiger partial charge in [0.1, 0.15) is 0 Å². The van der Waals surface area contributed by atoms with Gasteiger partial charge in [0.15, 0.2) is 0 Å². The van der Waals surface area contributed by atoms with Crippen molar-refractivity contribution in [2.45, 2.75) is 32.2 Å². The van der Waals surface area contributed by atoms with Crippen LogP contribution in [0.3, 0.4) is 0 Å². The molecule has 0 aliphatic carbocycles. The van der Waals surface area contributed by atoms with E-state index in [1.807, 2.05) is 0 Å². The van der Waals surface area contributed by atoms with Crippen molar-refractivity contribution in [2.75, 3.05) is 13.2 Å². The molecule has 1 aromatic rings. The fraction of sp³-hybridized carbons (Fsp3) is 0.571. The monoisotopic (exact) mass is 219 g/mol. The largest absolute Gasteiger partial charge is 0.381 e. The molecular weight excluding hydrogens is 198 g/mol. The van der Waals surface area contributed by atoms with Crippen molar-refractivity contribution >= 4 is 0 Å². The molecule has 1 saturated heterocycles. The molecule has 1 fully saturated rings. The average Bonchev–Trinajstić information content (AvgIpc) is 2.57. The van der Waals surface area contributed by atoms with E-state index in [4.69, 9.17) is 10.5 Å². The van der Waals surface area contributed by atoms with Gasteiger partial charge in [-0.1, -0.05) is 24.3 Å². The number of hydrogen-bond acceptors (Lipinski definition) is 2. The lowest BCUT2D eigenvalue weighted by molar-refractivity contribution is 0.140. The average molecular weight is 219 g/mol. The molecule has 16 heavy (non-hydrogen) atoms. The van der Waals surface area contributed by atoms with Crippen LogP contribution in [0.15, 0.2) is 24.3 Å². The molecule has 88 valence electrons. The highest BCUT2D eigenvalue weighted by molar-refractivity contribution is 5.28. The van der Waals surface area contributed by atoms with Crippen molar-refractivity contribution in [3.8, 4) is 0 Å². The Hall–Kier alpha value is -0.860. The van der Waals surface area contributed by atoms with Gasteiger partial charge in [0.05, 0.1) is 0 Å². The van der Waals surface area contributed by atoms with Crippen LogP contribution in [-0.4, -0.2) is 13.2 Å². The number of nitrogens with two attached hydrogens (primary N) is 1. The molecule has 2 rings (SSSR count). The van der Waals surface area contributed by atoms with Gasteiger partial charge in [-0.2, -0.15) is 0 Å². The van der Waals surface area contributed by atoms with E-state index >= 15 is 0 Å². The Bertz CT molecular complexity index is 329. The lowest BCUT2D eigenvalue weighted by atomic mass is 9.86. The Morgan fingerprint density at radius 2 is 2.06 bits per heavy atom. The molecule has 2 nitrogen and oxygen atoms in total. The number of aryl methyl sites for hydroxylation is 1. The van der Waals surface area contributed by atoms with Crippen LogP contribution in [0.25, 0.3) is 0 Å². The van der Waals surface area contributed by atoms with Gasteiger partial charge in [-0.25, -0.2) is 0 Å². The Balaban J connectivity index is 2.11. The first-order chi connectivity index (χ1) is 7.79. The first kappa shape index (κ1) is 11.6. The van der Waals surface area contributed by atoms with Gasteiger partial charge in [-0.15, -0.1) is 0 Å². The van der Waals surface area contributed by atoms with E-state index in [-0.39, 0.29) is 6.04 Å². The van der Waals surface area contributed by atoms with Crippen LogP contribution in [-0.2, 0) is 4.74 Å². The summed E-state index contributed by atoms with van der Waals surface area (Å²) in [7, 11) is 0. The molecule has 1 aliphatic rings. The Morgan fingerprint density at radius 1 is 1.25 bits per heavy atom. The van der Waals surface area contributed by atoms with E-state index in [0.29, 0.717) is 5.92 Å². The van der Waals surface area contributed by atoms with Crippen LogP contribution in [0.2, 0.25) is 0 Å². The molecule has 0 saturated carbocycles. The number of ether oxygens (including phenoxy) is 1. The molecule has 0 bridgehead atoms. The topological polar surface area (TPSA) is 35.2 Å². The predicted molar refractivity (Wildman–Crippen MR) is 66.3 cm³/mol. The van der Waals surface area contributed by atoms with Crippen molar-refractivity contribution in [1.82, 2.24) is 0 Å². The van der Waals surface area contributed by atoms with E-state index < -0.39 is 0 Å². The summed E-state index contributed by atoms with van der Waals surface area (Å²) >= 11 is 0. The van der Waals surface area contributed by atoms with Crippen LogP contribution in [0.4, 0.5) is 0 Å². The zero-order valence-corrected chi connectivity index (χ0v) is 9.99. The minimum Gasteiger partial charge on any atom is -0.381 e. The lowest BCUT2D eigenvalue weighted by Crippen LogP contribution is -2.22. The second-order valence-corrected chi connectivity index (χ2v) is 4.69. The summed E-state index contributed by atoms with van der Waals surface area (Å²) in [6, 6.07) is 8.62. The van der Waals surface area contributed by atoms with Gasteiger partial charge in [0.2, 0.25) is 0 Å². The summed E-state index contributed by atoms with van der Waals surface area (Å²) in [5.41, 5.74) is 8.99. The fourth-order valence-electron chi connectivity index (χ4n) is 2.50.